The van der Waals surface area contributed by atoms with E-state index in [9.17, 15) is 9.59 Å². The molecule has 0 aliphatic carbocycles. The minimum absolute atomic E-state index is 0.0641. The van der Waals surface area contributed by atoms with Crippen LogP contribution in [0.25, 0.3) is 0 Å². The van der Waals surface area contributed by atoms with Gasteiger partial charge >= 0.3 is 0 Å². The highest BCUT2D eigenvalue weighted by atomic mass is 16.5. The molecule has 4 rings (SSSR count). The Morgan fingerprint density at radius 3 is 2.67 bits per heavy atom. The second-order valence-corrected chi connectivity index (χ2v) is 8.28. The van der Waals surface area contributed by atoms with E-state index in [0.717, 1.165) is 28.1 Å². The third kappa shape index (κ3) is 4.77. The maximum Gasteiger partial charge on any atom is 0.272 e. The lowest BCUT2D eigenvalue weighted by Crippen LogP contribution is -2.39. The Kier molecular flexibility index (Phi) is 6.77. The summed E-state index contributed by atoms with van der Waals surface area (Å²) in [6.45, 7) is 5.86. The lowest BCUT2D eigenvalue weighted by molar-refractivity contribution is -0.133. The van der Waals surface area contributed by atoms with Gasteiger partial charge in [-0.05, 0) is 37.1 Å². The van der Waals surface area contributed by atoms with Gasteiger partial charge in [0.1, 0.15) is 5.75 Å². The molecule has 3 aromatic rings. The van der Waals surface area contributed by atoms with Crippen molar-refractivity contribution in [2.45, 2.75) is 39.3 Å². The average Bonchev–Trinajstić information content (AvgIpc) is 3.21. The van der Waals surface area contributed by atoms with Crippen molar-refractivity contribution < 1.29 is 14.3 Å². The normalized spacial score (nSPS) is 13.8. The Balaban J connectivity index is 1.62. The van der Waals surface area contributed by atoms with Crippen molar-refractivity contribution in [2.24, 2.45) is 0 Å². The van der Waals surface area contributed by atoms with Crippen molar-refractivity contribution in [1.29, 1.82) is 0 Å². The largest absolute Gasteiger partial charge is 0.497 e. The maximum atomic E-state index is 13.3. The van der Waals surface area contributed by atoms with E-state index in [-0.39, 0.29) is 17.7 Å². The highest BCUT2D eigenvalue weighted by molar-refractivity contribution is 5.94. The fourth-order valence-electron chi connectivity index (χ4n) is 4.34. The molecule has 0 saturated carbocycles. The van der Waals surface area contributed by atoms with Crippen molar-refractivity contribution in [3.05, 3.63) is 82.7 Å². The van der Waals surface area contributed by atoms with Crippen LogP contribution in [0.1, 0.15) is 52.6 Å². The zero-order valence-corrected chi connectivity index (χ0v) is 19.4. The zero-order valence-electron chi connectivity index (χ0n) is 19.4. The third-order valence-corrected chi connectivity index (χ3v) is 6.13. The van der Waals surface area contributed by atoms with Gasteiger partial charge in [0.2, 0.25) is 5.91 Å². The first-order valence-electron chi connectivity index (χ1n) is 11.3. The van der Waals surface area contributed by atoms with Gasteiger partial charge in [-0.25, -0.2) is 0 Å². The van der Waals surface area contributed by atoms with Crippen molar-refractivity contribution >= 4 is 11.8 Å². The summed E-state index contributed by atoms with van der Waals surface area (Å²) in [5.74, 6) is 0.398. The molecular formula is C26H30N4O3. The highest BCUT2D eigenvalue weighted by Gasteiger charge is 2.32. The summed E-state index contributed by atoms with van der Waals surface area (Å²) in [6, 6.07) is 17.6. The molecule has 172 valence electrons. The third-order valence-electron chi connectivity index (χ3n) is 6.13. The topological polar surface area (TPSA) is 76.5 Å². The quantitative estimate of drug-likeness (QED) is 0.604. The number of nitrogens with one attached hydrogen (secondary N) is 1. The highest BCUT2D eigenvalue weighted by Crippen LogP contribution is 2.27. The molecule has 0 saturated heterocycles. The summed E-state index contributed by atoms with van der Waals surface area (Å²) in [5, 5.41) is 7.55. The number of ether oxygens (including phenoxy) is 1. The number of amides is 2. The number of hydrogen-bond acceptors (Lipinski definition) is 4. The molecule has 7 nitrogen and oxygen atoms in total. The summed E-state index contributed by atoms with van der Waals surface area (Å²) < 4.78 is 7.24. The number of carbonyl (C=O) groups excluding carboxylic acids is 2. The molecule has 0 spiro atoms. The molecule has 7 heteroatoms. The molecule has 1 atom stereocenters. The molecule has 1 unspecified atom stereocenters. The first-order chi connectivity index (χ1) is 16.0. The van der Waals surface area contributed by atoms with Crippen LogP contribution in [0, 0.1) is 0 Å². The predicted molar refractivity (Wildman–Crippen MR) is 126 cm³/mol. The number of fused-ring (bicyclic) bond motifs is 1. The maximum absolute atomic E-state index is 13.3. The summed E-state index contributed by atoms with van der Waals surface area (Å²) in [5.41, 5.74) is 4.28. The van der Waals surface area contributed by atoms with Crippen LogP contribution in [0.15, 0.2) is 54.6 Å². The van der Waals surface area contributed by atoms with Crippen LogP contribution in [-0.4, -0.2) is 46.7 Å². The number of rotatable bonds is 7. The first-order valence-corrected chi connectivity index (χ1v) is 11.3. The van der Waals surface area contributed by atoms with Gasteiger partial charge in [0.15, 0.2) is 5.69 Å². The van der Waals surface area contributed by atoms with Gasteiger partial charge in [-0.3, -0.25) is 14.3 Å². The predicted octanol–water partition coefficient (Wildman–Crippen LogP) is 3.38. The van der Waals surface area contributed by atoms with Crippen LogP contribution in [0.2, 0.25) is 0 Å². The minimum atomic E-state index is -0.243. The number of benzene rings is 2. The minimum Gasteiger partial charge on any atom is -0.497 e. The molecule has 1 aromatic heterocycles. The number of aromatic nitrogens is 2. The summed E-state index contributed by atoms with van der Waals surface area (Å²) in [7, 11) is 1.64. The SMILES string of the molecule is CCNC(=O)c1nn(Cc2cccc(OC)c2)c2c1CN(C(=O)C(C)c1ccccc1)CC2. The number of carbonyl (C=O) groups is 2. The molecule has 2 heterocycles. The van der Waals surface area contributed by atoms with E-state index in [2.05, 4.69) is 10.4 Å². The molecule has 0 bridgehead atoms. The first kappa shape index (κ1) is 22.6. The van der Waals surface area contributed by atoms with Gasteiger partial charge in [0.05, 0.1) is 19.6 Å². The van der Waals surface area contributed by atoms with Crippen molar-refractivity contribution in [1.82, 2.24) is 20.0 Å². The fourth-order valence-corrected chi connectivity index (χ4v) is 4.34. The molecular weight excluding hydrogens is 416 g/mol. The number of nitrogens with zero attached hydrogens (tertiary/aromatic N) is 3. The second kappa shape index (κ2) is 9.90. The van der Waals surface area contributed by atoms with Gasteiger partial charge in [-0.15, -0.1) is 0 Å². The fraction of sp³-hybridized carbons (Fsp3) is 0.346. The van der Waals surface area contributed by atoms with Crippen LogP contribution in [0.5, 0.6) is 5.75 Å². The Morgan fingerprint density at radius 2 is 1.94 bits per heavy atom. The van der Waals surface area contributed by atoms with E-state index in [1.807, 2.05) is 78.0 Å². The van der Waals surface area contributed by atoms with Crippen molar-refractivity contribution in [2.75, 3.05) is 20.2 Å². The van der Waals surface area contributed by atoms with E-state index in [1.165, 1.54) is 0 Å². The van der Waals surface area contributed by atoms with Crippen molar-refractivity contribution in [3.8, 4) is 5.75 Å². The standard InChI is InChI=1S/C26H30N4O3/c1-4-27-25(31)24-22-17-29(26(32)18(2)20-10-6-5-7-11-20)14-13-23(22)30(28-24)16-19-9-8-12-21(15-19)33-3/h5-12,15,18H,4,13-14,16-17H2,1-3H3,(H,27,31). The van der Waals surface area contributed by atoms with Gasteiger partial charge in [-0.1, -0.05) is 42.5 Å². The molecule has 33 heavy (non-hydrogen) atoms. The molecule has 0 fully saturated rings. The Morgan fingerprint density at radius 1 is 1.15 bits per heavy atom. The van der Waals surface area contributed by atoms with Gasteiger partial charge in [-0.2, -0.15) is 5.10 Å². The molecule has 1 N–H and O–H groups in total. The Hall–Kier alpha value is -3.61. The van der Waals surface area contributed by atoms with Gasteiger partial charge in [0, 0.05) is 37.3 Å². The molecule has 1 aliphatic heterocycles. The van der Waals surface area contributed by atoms with Gasteiger partial charge in [0.25, 0.3) is 5.91 Å². The summed E-state index contributed by atoms with van der Waals surface area (Å²) >= 11 is 0. The van der Waals surface area contributed by atoms with Crippen LogP contribution < -0.4 is 10.1 Å². The number of hydrogen-bond donors (Lipinski definition) is 1. The summed E-state index contributed by atoms with van der Waals surface area (Å²) in [6.07, 6.45) is 0.652. The zero-order chi connectivity index (χ0) is 23.4. The number of methoxy groups -OCH3 is 1. The lowest BCUT2D eigenvalue weighted by atomic mass is 9.97. The summed E-state index contributed by atoms with van der Waals surface area (Å²) in [4.78, 5) is 27.9. The van der Waals surface area contributed by atoms with Crippen LogP contribution in [0.3, 0.4) is 0 Å². The van der Waals surface area contributed by atoms with Crippen LogP contribution >= 0.6 is 0 Å². The van der Waals surface area contributed by atoms with Gasteiger partial charge < -0.3 is 15.0 Å². The average molecular weight is 447 g/mol. The molecule has 2 amide bonds. The van der Waals surface area contributed by atoms with E-state index >= 15 is 0 Å². The van der Waals surface area contributed by atoms with E-state index < -0.39 is 0 Å². The van der Waals surface area contributed by atoms with Crippen LogP contribution in [0.4, 0.5) is 0 Å². The van der Waals surface area contributed by atoms with E-state index in [0.29, 0.717) is 38.3 Å². The Labute approximate surface area is 194 Å². The smallest absolute Gasteiger partial charge is 0.272 e. The van der Waals surface area contributed by atoms with E-state index in [1.54, 1.807) is 7.11 Å². The van der Waals surface area contributed by atoms with Crippen molar-refractivity contribution in [3.63, 3.8) is 0 Å². The van der Waals surface area contributed by atoms with Crippen LogP contribution in [-0.2, 0) is 24.3 Å². The molecule has 2 aromatic carbocycles. The second-order valence-electron chi connectivity index (χ2n) is 8.28. The lowest BCUT2D eigenvalue weighted by Gasteiger charge is -2.30. The monoisotopic (exact) mass is 446 g/mol. The molecule has 1 aliphatic rings. The Bertz CT molecular complexity index is 1140. The molecule has 0 radical (unpaired) electrons. The van der Waals surface area contributed by atoms with E-state index in [4.69, 9.17) is 4.74 Å².